The number of ether oxygens (including phenoxy) is 1. The first-order chi connectivity index (χ1) is 8.11. The fourth-order valence-electron chi connectivity index (χ4n) is 1.39. The van der Waals surface area contributed by atoms with Gasteiger partial charge in [0.05, 0.1) is 6.61 Å². The Balaban J connectivity index is 2.56. The topological polar surface area (TPSA) is 64.3 Å². The summed E-state index contributed by atoms with van der Waals surface area (Å²) in [6.07, 6.45) is 1.28. The van der Waals surface area contributed by atoms with Crippen LogP contribution in [0.1, 0.15) is 26.7 Å². The minimum atomic E-state index is -0.130. The van der Waals surface area contributed by atoms with E-state index in [4.69, 9.17) is 10.5 Å². The van der Waals surface area contributed by atoms with E-state index in [9.17, 15) is 4.79 Å². The summed E-state index contributed by atoms with van der Waals surface area (Å²) in [5.41, 5.74) is 6.30. The molecule has 3 N–H and O–H groups in total. The predicted octanol–water partition coefficient (Wildman–Crippen LogP) is 2.15. The quantitative estimate of drug-likeness (QED) is 0.795. The monoisotopic (exact) mass is 236 g/mol. The van der Waals surface area contributed by atoms with Gasteiger partial charge >= 0.3 is 0 Å². The van der Waals surface area contributed by atoms with E-state index in [1.54, 1.807) is 6.92 Å². The molecule has 0 fully saturated rings. The number of rotatable bonds is 6. The maximum absolute atomic E-state index is 11.5. The second kappa shape index (κ2) is 6.91. The van der Waals surface area contributed by atoms with Crippen LogP contribution in [0.5, 0.6) is 5.75 Å². The van der Waals surface area contributed by atoms with E-state index in [0.717, 1.165) is 17.9 Å². The summed E-state index contributed by atoms with van der Waals surface area (Å²) >= 11 is 0. The first-order valence-electron chi connectivity index (χ1n) is 5.90. The Morgan fingerprint density at radius 2 is 2.29 bits per heavy atom. The molecule has 1 atom stereocenters. The number of nitrogens with one attached hydrogen (secondary N) is 1. The molecular formula is C13H20N2O2. The molecule has 0 heterocycles. The van der Waals surface area contributed by atoms with E-state index in [2.05, 4.69) is 5.32 Å². The highest BCUT2D eigenvalue weighted by Crippen LogP contribution is 2.17. The number of carbonyl (C=O) groups is 1. The summed E-state index contributed by atoms with van der Waals surface area (Å²) in [5.74, 6) is 0.693. The van der Waals surface area contributed by atoms with Crippen molar-refractivity contribution in [2.24, 2.45) is 5.73 Å². The molecule has 0 radical (unpaired) electrons. The van der Waals surface area contributed by atoms with E-state index in [0.29, 0.717) is 13.0 Å². The molecule has 0 saturated carbocycles. The van der Waals surface area contributed by atoms with Crippen molar-refractivity contribution >= 4 is 11.6 Å². The molecule has 94 valence electrons. The van der Waals surface area contributed by atoms with Gasteiger partial charge in [0.1, 0.15) is 5.75 Å². The van der Waals surface area contributed by atoms with Crippen LogP contribution in [-0.2, 0) is 4.79 Å². The van der Waals surface area contributed by atoms with E-state index < -0.39 is 0 Å². The smallest absolute Gasteiger partial charge is 0.225 e. The summed E-state index contributed by atoms with van der Waals surface area (Å²) in [4.78, 5) is 11.5. The van der Waals surface area contributed by atoms with Crippen molar-refractivity contribution in [2.45, 2.75) is 32.7 Å². The summed E-state index contributed by atoms with van der Waals surface area (Å²) in [6, 6.07) is 7.24. The average molecular weight is 236 g/mol. The van der Waals surface area contributed by atoms with Gasteiger partial charge in [0.25, 0.3) is 0 Å². The highest BCUT2D eigenvalue weighted by molar-refractivity contribution is 5.91. The minimum Gasteiger partial charge on any atom is -0.494 e. The van der Waals surface area contributed by atoms with Crippen LogP contribution in [-0.4, -0.2) is 18.6 Å². The molecular weight excluding hydrogens is 216 g/mol. The Labute approximate surface area is 102 Å². The molecule has 0 aromatic heterocycles. The van der Waals surface area contributed by atoms with Gasteiger partial charge in [-0.05, 0) is 25.5 Å². The van der Waals surface area contributed by atoms with Gasteiger partial charge in [-0.25, -0.2) is 0 Å². The van der Waals surface area contributed by atoms with Crippen molar-refractivity contribution in [3.63, 3.8) is 0 Å². The van der Waals surface area contributed by atoms with Gasteiger partial charge in [0.2, 0.25) is 5.91 Å². The molecule has 4 nitrogen and oxygen atoms in total. The van der Waals surface area contributed by atoms with Gasteiger partial charge in [-0.1, -0.05) is 13.0 Å². The average Bonchev–Trinajstić information content (AvgIpc) is 2.25. The Hall–Kier alpha value is -1.55. The molecule has 0 aliphatic rings. The lowest BCUT2D eigenvalue weighted by atomic mass is 10.2. The van der Waals surface area contributed by atoms with Crippen LogP contribution in [0, 0.1) is 0 Å². The Morgan fingerprint density at radius 1 is 1.53 bits per heavy atom. The number of carbonyl (C=O) groups excluding carboxylic acids is 1. The Kier molecular flexibility index (Phi) is 5.49. The van der Waals surface area contributed by atoms with Gasteiger partial charge in [0, 0.05) is 24.2 Å². The minimum absolute atomic E-state index is 0.0763. The Bertz CT molecular complexity index is 364. The lowest BCUT2D eigenvalue weighted by Gasteiger charge is -2.09. The van der Waals surface area contributed by atoms with Crippen molar-refractivity contribution in [1.29, 1.82) is 0 Å². The van der Waals surface area contributed by atoms with Gasteiger partial charge in [-0.2, -0.15) is 0 Å². The molecule has 0 bridgehead atoms. The molecule has 1 rings (SSSR count). The lowest BCUT2D eigenvalue weighted by Crippen LogP contribution is -2.23. The zero-order valence-electron chi connectivity index (χ0n) is 10.4. The second-order valence-electron chi connectivity index (χ2n) is 4.11. The second-order valence-corrected chi connectivity index (χ2v) is 4.11. The van der Waals surface area contributed by atoms with Crippen LogP contribution >= 0.6 is 0 Å². The fourth-order valence-corrected chi connectivity index (χ4v) is 1.39. The van der Waals surface area contributed by atoms with E-state index >= 15 is 0 Å². The standard InChI is InChI=1S/C13H20N2O2/c1-3-7-17-12-6-4-5-11(9-12)15-13(16)8-10(2)14/h4-6,9-10H,3,7-8,14H2,1-2H3,(H,15,16). The van der Waals surface area contributed by atoms with Gasteiger partial charge in [-0.3, -0.25) is 4.79 Å². The van der Waals surface area contributed by atoms with E-state index in [-0.39, 0.29) is 11.9 Å². The van der Waals surface area contributed by atoms with Crippen LogP contribution in [0.3, 0.4) is 0 Å². The van der Waals surface area contributed by atoms with Crippen LogP contribution < -0.4 is 15.8 Å². The molecule has 1 aromatic carbocycles. The normalized spacial score (nSPS) is 11.9. The molecule has 1 unspecified atom stereocenters. The third-order valence-corrected chi connectivity index (χ3v) is 2.10. The van der Waals surface area contributed by atoms with Crippen LogP contribution in [0.2, 0.25) is 0 Å². The SMILES string of the molecule is CCCOc1cccc(NC(=O)CC(C)N)c1. The van der Waals surface area contributed by atoms with Crippen LogP contribution in [0.25, 0.3) is 0 Å². The van der Waals surface area contributed by atoms with E-state index in [1.165, 1.54) is 0 Å². The summed E-state index contributed by atoms with van der Waals surface area (Å²) < 4.78 is 5.48. The van der Waals surface area contributed by atoms with Crippen LogP contribution in [0.4, 0.5) is 5.69 Å². The van der Waals surface area contributed by atoms with Gasteiger partial charge < -0.3 is 15.8 Å². The van der Waals surface area contributed by atoms with Crippen molar-refractivity contribution in [3.8, 4) is 5.75 Å². The van der Waals surface area contributed by atoms with Gasteiger partial charge in [-0.15, -0.1) is 0 Å². The molecule has 0 aliphatic heterocycles. The summed E-state index contributed by atoms with van der Waals surface area (Å²) in [6.45, 7) is 4.53. The third kappa shape index (κ3) is 5.36. The maximum atomic E-state index is 11.5. The highest BCUT2D eigenvalue weighted by Gasteiger charge is 2.05. The lowest BCUT2D eigenvalue weighted by molar-refractivity contribution is -0.116. The van der Waals surface area contributed by atoms with Crippen molar-refractivity contribution in [3.05, 3.63) is 24.3 Å². The highest BCUT2D eigenvalue weighted by atomic mass is 16.5. The largest absolute Gasteiger partial charge is 0.494 e. The first-order valence-corrected chi connectivity index (χ1v) is 5.90. The number of hydrogen-bond acceptors (Lipinski definition) is 3. The molecule has 4 heteroatoms. The molecule has 17 heavy (non-hydrogen) atoms. The maximum Gasteiger partial charge on any atom is 0.225 e. The molecule has 1 amide bonds. The van der Waals surface area contributed by atoms with Crippen molar-refractivity contribution < 1.29 is 9.53 Å². The summed E-state index contributed by atoms with van der Waals surface area (Å²) in [7, 11) is 0. The molecule has 0 saturated heterocycles. The number of hydrogen-bond donors (Lipinski definition) is 2. The zero-order valence-corrected chi connectivity index (χ0v) is 10.4. The number of benzene rings is 1. The van der Waals surface area contributed by atoms with E-state index in [1.807, 2.05) is 31.2 Å². The number of anilines is 1. The summed E-state index contributed by atoms with van der Waals surface area (Å²) in [5, 5.41) is 2.79. The molecule has 0 aliphatic carbocycles. The van der Waals surface area contributed by atoms with Gasteiger partial charge in [0.15, 0.2) is 0 Å². The number of nitrogens with two attached hydrogens (primary N) is 1. The zero-order chi connectivity index (χ0) is 12.7. The first kappa shape index (κ1) is 13.5. The fraction of sp³-hybridized carbons (Fsp3) is 0.462. The van der Waals surface area contributed by atoms with Crippen LogP contribution in [0.15, 0.2) is 24.3 Å². The molecule has 1 aromatic rings. The number of amides is 1. The molecule has 0 spiro atoms. The third-order valence-electron chi connectivity index (χ3n) is 2.10. The van der Waals surface area contributed by atoms with Crippen molar-refractivity contribution in [1.82, 2.24) is 0 Å². The Morgan fingerprint density at radius 3 is 2.94 bits per heavy atom. The predicted molar refractivity (Wildman–Crippen MR) is 69.1 cm³/mol. The van der Waals surface area contributed by atoms with Crippen molar-refractivity contribution in [2.75, 3.05) is 11.9 Å².